The van der Waals surface area contributed by atoms with Gasteiger partial charge in [0.25, 0.3) is 5.56 Å². The Labute approximate surface area is 191 Å². The van der Waals surface area contributed by atoms with E-state index in [9.17, 15) is 9.90 Å². The first-order valence-electron chi connectivity index (χ1n) is 11.2. The van der Waals surface area contributed by atoms with E-state index in [-0.39, 0.29) is 18.2 Å². The van der Waals surface area contributed by atoms with E-state index in [2.05, 4.69) is 58.4 Å². The fourth-order valence-corrected chi connectivity index (χ4v) is 6.05. The van der Waals surface area contributed by atoms with Crippen LogP contribution >= 0.6 is 11.3 Å². The lowest BCUT2D eigenvalue weighted by Gasteiger charge is -2.32. The number of hydrogen-bond donors (Lipinski definition) is 2. The van der Waals surface area contributed by atoms with E-state index in [0.29, 0.717) is 25.3 Å². The van der Waals surface area contributed by atoms with Crippen molar-refractivity contribution in [1.29, 1.82) is 0 Å². The molecule has 0 unspecified atom stereocenters. The Morgan fingerprint density at radius 1 is 1.03 bits per heavy atom. The van der Waals surface area contributed by atoms with Gasteiger partial charge >= 0.3 is 0 Å². The molecule has 2 heterocycles. The van der Waals surface area contributed by atoms with Gasteiger partial charge in [0.15, 0.2) is 0 Å². The maximum Gasteiger partial charge on any atom is 0.259 e. The van der Waals surface area contributed by atoms with Gasteiger partial charge in [0.05, 0.1) is 18.0 Å². The summed E-state index contributed by atoms with van der Waals surface area (Å²) < 4.78 is 0. The highest BCUT2D eigenvalue weighted by Gasteiger charge is 2.25. The number of hydrogen-bond acceptors (Lipinski definition) is 5. The van der Waals surface area contributed by atoms with E-state index in [1.165, 1.54) is 21.6 Å². The molecule has 2 aromatic heterocycles. The van der Waals surface area contributed by atoms with Crippen LogP contribution in [0.25, 0.3) is 10.2 Å². The third-order valence-electron chi connectivity index (χ3n) is 6.18. The molecule has 0 saturated heterocycles. The molecule has 32 heavy (non-hydrogen) atoms. The highest BCUT2D eigenvalue weighted by molar-refractivity contribution is 7.18. The third-order valence-corrected chi connectivity index (χ3v) is 7.36. The minimum Gasteiger partial charge on any atom is -0.396 e. The maximum atomic E-state index is 13.0. The largest absolute Gasteiger partial charge is 0.396 e. The van der Waals surface area contributed by atoms with E-state index in [4.69, 9.17) is 4.98 Å². The lowest BCUT2D eigenvalue weighted by molar-refractivity contribution is 0.183. The summed E-state index contributed by atoms with van der Waals surface area (Å²) in [6, 6.07) is 20.8. The number of aromatic nitrogens is 2. The Balaban J connectivity index is 1.54. The Bertz CT molecular complexity index is 1210. The van der Waals surface area contributed by atoms with E-state index >= 15 is 0 Å². The Hall–Kier alpha value is -2.80. The summed E-state index contributed by atoms with van der Waals surface area (Å²) in [6.07, 6.45) is 3.81. The predicted molar refractivity (Wildman–Crippen MR) is 129 cm³/mol. The van der Waals surface area contributed by atoms with Crippen molar-refractivity contribution in [1.82, 2.24) is 14.9 Å². The number of aliphatic hydroxyl groups is 1. The molecule has 1 aliphatic carbocycles. The van der Waals surface area contributed by atoms with Crippen LogP contribution in [0.2, 0.25) is 0 Å². The molecule has 0 saturated carbocycles. The number of benzene rings is 2. The van der Waals surface area contributed by atoms with Gasteiger partial charge in [-0.25, -0.2) is 4.98 Å². The highest BCUT2D eigenvalue weighted by atomic mass is 32.1. The number of thiophene rings is 1. The quantitative estimate of drug-likeness (QED) is 0.421. The van der Waals surface area contributed by atoms with Gasteiger partial charge < -0.3 is 10.1 Å². The highest BCUT2D eigenvalue weighted by Crippen LogP contribution is 2.35. The van der Waals surface area contributed by atoms with Crippen molar-refractivity contribution in [3.63, 3.8) is 0 Å². The van der Waals surface area contributed by atoms with Gasteiger partial charge in [-0.05, 0) is 42.4 Å². The number of aliphatic hydroxyl groups excluding tert-OH is 1. The van der Waals surface area contributed by atoms with E-state index in [1.807, 2.05) is 12.1 Å². The molecule has 5 rings (SSSR count). The molecule has 0 spiro atoms. The van der Waals surface area contributed by atoms with Crippen LogP contribution in [-0.4, -0.2) is 33.1 Å². The summed E-state index contributed by atoms with van der Waals surface area (Å²) in [7, 11) is 0. The summed E-state index contributed by atoms with van der Waals surface area (Å²) in [5.41, 5.74) is 3.53. The van der Waals surface area contributed by atoms with Gasteiger partial charge in [-0.1, -0.05) is 60.7 Å². The molecular formula is C26H27N3O2S. The Kier molecular flexibility index (Phi) is 6.17. The molecule has 2 aromatic carbocycles. The van der Waals surface area contributed by atoms with Gasteiger partial charge in [0.1, 0.15) is 10.7 Å². The Morgan fingerprint density at radius 3 is 2.38 bits per heavy atom. The number of rotatable bonds is 8. The molecule has 2 N–H and O–H groups in total. The van der Waals surface area contributed by atoms with Gasteiger partial charge in [-0.15, -0.1) is 11.3 Å². The fourth-order valence-electron chi connectivity index (χ4n) is 4.77. The minimum atomic E-state index is -0.0255. The summed E-state index contributed by atoms with van der Waals surface area (Å²) in [5, 5.41) is 10.3. The van der Waals surface area contributed by atoms with Gasteiger partial charge in [-0.3, -0.25) is 9.69 Å². The third kappa shape index (κ3) is 4.13. The zero-order chi connectivity index (χ0) is 21.9. The molecule has 5 nitrogen and oxygen atoms in total. The van der Waals surface area contributed by atoms with E-state index < -0.39 is 0 Å². The fraction of sp³-hybridized carbons (Fsp3) is 0.308. The van der Waals surface area contributed by atoms with Crippen molar-refractivity contribution in [2.75, 3.05) is 13.2 Å². The van der Waals surface area contributed by atoms with Gasteiger partial charge in [0, 0.05) is 18.0 Å². The van der Waals surface area contributed by atoms with Crippen molar-refractivity contribution in [2.45, 2.75) is 38.3 Å². The summed E-state index contributed by atoms with van der Waals surface area (Å²) in [5.74, 6) is 0.678. The first kappa shape index (κ1) is 21.1. The SMILES string of the molecule is O=c1[nH]c(CN(CCCO)C(c2ccccc2)c2ccccc2)nc2sc3c(c12)CCC3. The van der Waals surface area contributed by atoms with E-state index in [1.54, 1.807) is 11.3 Å². The molecule has 1 aliphatic rings. The van der Waals surface area contributed by atoms with Gasteiger partial charge in [0.2, 0.25) is 0 Å². The van der Waals surface area contributed by atoms with Crippen LogP contribution in [0.3, 0.4) is 0 Å². The first-order chi connectivity index (χ1) is 15.7. The van der Waals surface area contributed by atoms with Crippen LogP contribution in [0.5, 0.6) is 0 Å². The smallest absolute Gasteiger partial charge is 0.259 e. The zero-order valence-electron chi connectivity index (χ0n) is 18.0. The number of nitrogens with zero attached hydrogens (tertiary/aromatic N) is 2. The van der Waals surface area contributed by atoms with Crippen LogP contribution < -0.4 is 5.56 Å². The van der Waals surface area contributed by atoms with Crippen molar-refractivity contribution < 1.29 is 5.11 Å². The summed E-state index contributed by atoms with van der Waals surface area (Å²) in [4.78, 5) is 25.4. The summed E-state index contributed by atoms with van der Waals surface area (Å²) >= 11 is 1.67. The molecule has 0 amide bonds. The second-order valence-corrected chi connectivity index (χ2v) is 9.41. The molecular weight excluding hydrogens is 418 g/mol. The van der Waals surface area contributed by atoms with Crippen molar-refractivity contribution in [2.24, 2.45) is 0 Å². The number of fused-ring (bicyclic) bond motifs is 3. The number of aromatic amines is 1. The number of nitrogens with one attached hydrogen (secondary N) is 1. The molecule has 0 aliphatic heterocycles. The number of aryl methyl sites for hydroxylation is 2. The van der Waals surface area contributed by atoms with Crippen LogP contribution in [0, 0.1) is 0 Å². The lowest BCUT2D eigenvalue weighted by Crippen LogP contribution is -2.32. The minimum absolute atomic E-state index is 0.00158. The van der Waals surface area contributed by atoms with Crippen LogP contribution in [-0.2, 0) is 19.4 Å². The topological polar surface area (TPSA) is 69.2 Å². The lowest BCUT2D eigenvalue weighted by atomic mass is 9.96. The van der Waals surface area contributed by atoms with Crippen LogP contribution in [0.1, 0.15) is 46.3 Å². The maximum absolute atomic E-state index is 13.0. The van der Waals surface area contributed by atoms with E-state index in [0.717, 1.165) is 29.5 Å². The van der Waals surface area contributed by atoms with Crippen molar-refractivity contribution >= 4 is 21.6 Å². The normalized spacial score (nSPS) is 13.3. The van der Waals surface area contributed by atoms with Gasteiger partial charge in [-0.2, -0.15) is 0 Å². The van der Waals surface area contributed by atoms with Crippen LogP contribution in [0.4, 0.5) is 0 Å². The molecule has 6 heteroatoms. The zero-order valence-corrected chi connectivity index (χ0v) is 18.8. The average molecular weight is 446 g/mol. The first-order valence-corrected chi connectivity index (χ1v) is 12.0. The standard InChI is InChI=1S/C26H27N3O2S/c30-16-8-15-29(24(18-9-3-1-4-10-18)19-11-5-2-6-12-19)17-22-27-25(31)23-20-13-7-14-21(20)32-26(23)28-22/h1-6,9-12,24,30H,7-8,13-17H2,(H,27,28,31). The molecule has 4 aromatic rings. The summed E-state index contributed by atoms with van der Waals surface area (Å²) in [6.45, 7) is 1.31. The second kappa shape index (κ2) is 9.36. The second-order valence-electron chi connectivity index (χ2n) is 8.32. The molecule has 0 radical (unpaired) electrons. The predicted octanol–water partition coefficient (Wildman–Crippen LogP) is 4.45. The average Bonchev–Trinajstić information content (AvgIpc) is 3.40. The van der Waals surface area contributed by atoms with Crippen molar-refractivity contribution in [3.05, 3.63) is 98.4 Å². The molecule has 0 fully saturated rings. The van der Waals surface area contributed by atoms with Crippen LogP contribution in [0.15, 0.2) is 65.5 Å². The molecule has 0 bridgehead atoms. The monoisotopic (exact) mass is 445 g/mol. The molecule has 164 valence electrons. The molecule has 0 atom stereocenters. The van der Waals surface area contributed by atoms with Crippen molar-refractivity contribution in [3.8, 4) is 0 Å². The Morgan fingerprint density at radius 2 is 1.72 bits per heavy atom. The number of H-pyrrole nitrogens is 1.